The fraction of sp³-hybridized carbons (Fsp3) is 0.400. The van der Waals surface area contributed by atoms with E-state index in [0.717, 1.165) is 10.9 Å². The van der Waals surface area contributed by atoms with Crippen LogP contribution in [-0.2, 0) is 13.1 Å². The minimum absolute atomic E-state index is 0.000324. The van der Waals surface area contributed by atoms with E-state index in [0.29, 0.717) is 19.6 Å². The van der Waals surface area contributed by atoms with Crippen LogP contribution in [0.2, 0.25) is 0 Å². The SMILES string of the molecule is NCCn1nnnc1SCCn1ccccc1=O. The highest BCUT2D eigenvalue weighted by Gasteiger charge is 2.05. The lowest BCUT2D eigenvalue weighted by atomic mass is 10.5. The van der Waals surface area contributed by atoms with E-state index in [1.54, 1.807) is 27.6 Å². The quantitative estimate of drug-likeness (QED) is 0.714. The van der Waals surface area contributed by atoms with Crippen LogP contribution in [0.3, 0.4) is 0 Å². The van der Waals surface area contributed by atoms with Crippen molar-refractivity contribution in [2.24, 2.45) is 5.73 Å². The Morgan fingerprint density at radius 2 is 2.22 bits per heavy atom. The minimum Gasteiger partial charge on any atom is -0.329 e. The molecular formula is C10H14N6OS. The first-order valence-corrected chi connectivity index (χ1v) is 6.54. The third kappa shape index (κ3) is 3.17. The first kappa shape index (κ1) is 12.8. The predicted octanol–water partition coefficient (Wildman–Crippen LogP) is -0.414. The summed E-state index contributed by atoms with van der Waals surface area (Å²) in [6.45, 7) is 1.72. The van der Waals surface area contributed by atoms with Crippen LogP contribution in [0.1, 0.15) is 0 Å². The van der Waals surface area contributed by atoms with Gasteiger partial charge in [-0.25, -0.2) is 4.68 Å². The topological polar surface area (TPSA) is 91.6 Å². The zero-order valence-electron chi connectivity index (χ0n) is 9.77. The molecule has 0 saturated carbocycles. The summed E-state index contributed by atoms with van der Waals surface area (Å²) in [5.41, 5.74) is 5.46. The molecule has 0 unspecified atom stereocenters. The highest BCUT2D eigenvalue weighted by atomic mass is 32.2. The fourth-order valence-corrected chi connectivity index (χ4v) is 2.28. The van der Waals surface area contributed by atoms with E-state index in [-0.39, 0.29) is 5.56 Å². The summed E-state index contributed by atoms with van der Waals surface area (Å²) in [7, 11) is 0. The van der Waals surface area contributed by atoms with Crippen LogP contribution < -0.4 is 11.3 Å². The third-order valence-electron chi connectivity index (χ3n) is 2.30. The van der Waals surface area contributed by atoms with Gasteiger partial charge < -0.3 is 10.3 Å². The molecule has 2 aromatic heterocycles. The molecule has 0 aliphatic carbocycles. The zero-order valence-corrected chi connectivity index (χ0v) is 10.6. The lowest BCUT2D eigenvalue weighted by Gasteiger charge is -2.04. The molecule has 0 saturated heterocycles. The maximum Gasteiger partial charge on any atom is 0.250 e. The standard InChI is InChI=1S/C10H14N6OS/c11-4-6-16-10(12-13-14-16)18-8-7-15-5-2-1-3-9(15)17/h1-3,5H,4,6-8,11H2. The summed E-state index contributed by atoms with van der Waals surface area (Å²) in [5.74, 6) is 0.731. The molecule has 0 spiro atoms. The van der Waals surface area contributed by atoms with Crippen molar-refractivity contribution in [1.29, 1.82) is 0 Å². The molecule has 2 N–H and O–H groups in total. The van der Waals surface area contributed by atoms with Gasteiger partial charge in [-0.3, -0.25) is 4.79 Å². The van der Waals surface area contributed by atoms with Gasteiger partial charge in [0.1, 0.15) is 0 Å². The van der Waals surface area contributed by atoms with E-state index >= 15 is 0 Å². The second-order valence-corrected chi connectivity index (χ2v) is 4.62. The van der Waals surface area contributed by atoms with Gasteiger partial charge in [0.25, 0.3) is 5.56 Å². The predicted molar refractivity (Wildman–Crippen MR) is 68.3 cm³/mol. The molecule has 0 amide bonds. The normalized spacial score (nSPS) is 10.7. The summed E-state index contributed by atoms with van der Waals surface area (Å²) in [4.78, 5) is 11.5. The number of nitrogens with two attached hydrogens (primary N) is 1. The van der Waals surface area contributed by atoms with Crippen LogP contribution in [0, 0.1) is 0 Å². The number of thioether (sulfide) groups is 1. The molecular weight excluding hydrogens is 252 g/mol. The number of pyridine rings is 1. The van der Waals surface area contributed by atoms with E-state index in [9.17, 15) is 4.79 Å². The van der Waals surface area contributed by atoms with E-state index in [4.69, 9.17) is 5.73 Å². The molecule has 96 valence electrons. The van der Waals surface area contributed by atoms with Crippen molar-refractivity contribution in [1.82, 2.24) is 24.8 Å². The summed E-state index contributed by atoms with van der Waals surface area (Å²) >= 11 is 1.51. The van der Waals surface area contributed by atoms with Crippen LogP contribution in [0.5, 0.6) is 0 Å². The van der Waals surface area contributed by atoms with Gasteiger partial charge in [-0.05, 0) is 16.5 Å². The van der Waals surface area contributed by atoms with Crippen molar-refractivity contribution in [2.45, 2.75) is 18.2 Å². The molecule has 2 rings (SSSR count). The third-order valence-corrected chi connectivity index (χ3v) is 3.24. The van der Waals surface area contributed by atoms with Crippen LogP contribution in [0.15, 0.2) is 34.3 Å². The molecule has 7 nitrogen and oxygen atoms in total. The molecule has 18 heavy (non-hydrogen) atoms. The van der Waals surface area contributed by atoms with Gasteiger partial charge in [0.15, 0.2) is 0 Å². The molecule has 2 heterocycles. The van der Waals surface area contributed by atoms with Gasteiger partial charge in [-0.15, -0.1) is 5.10 Å². The molecule has 2 aromatic rings. The molecule has 0 atom stereocenters. The number of aromatic nitrogens is 5. The Hall–Kier alpha value is -1.67. The lowest BCUT2D eigenvalue weighted by molar-refractivity contribution is 0.556. The Morgan fingerprint density at radius 1 is 1.33 bits per heavy atom. The number of hydrogen-bond acceptors (Lipinski definition) is 6. The first-order chi connectivity index (χ1) is 8.81. The second kappa shape index (κ2) is 6.31. The highest BCUT2D eigenvalue weighted by molar-refractivity contribution is 7.99. The van der Waals surface area contributed by atoms with Gasteiger partial charge in [0.05, 0.1) is 6.54 Å². The summed E-state index contributed by atoms with van der Waals surface area (Å²) in [6.07, 6.45) is 1.77. The van der Waals surface area contributed by atoms with Crippen LogP contribution in [0.25, 0.3) is 0 Å². The van der Waals surface area contributed by atoms with Crippen molar-refractivity contribution in [3.05, 3.63) is 34.7 Å². The molecule has 0 bridgehead atoms. The number of tetrazole rings is 1. The van der Waals surface area contributed by atoms with Gasteiger partial charge in [0, 0.05) is 31.1 Å². The van der Waals surface area contributed by atoms with Crippen molar-refractivity contribution in [3.63, 3.8) is 0 Å². The molecule has 0 aliphatic rings. The van der Waals surface area contributed by atoms with Crippen molar-refractivity contribution < 1.29 is 0 Å². The fourth-order valence-electron chi connectivity index (χ4n) is 1.44. The molecule has 0 aliphatic heterocycles. The van der Waals surface area contributed by atoms with Gasteiger partial charge >= 0.3 is 0 Å². The molecule has 8 heteroatoms. The average molecular weight is 266 g/mol. The van der Waals surface area contributed by atoms with E-state index in [1.807, 2.05) is 6.07 Å². The smallest absolute Gasteiger partial charge is 0.250 e. The molecule has 0 fully saturated rings. The zero-order chi connectivity index (χ0) is 12.8. The lowest BCUT2D eigenvalue weighted by Crippen LogP contribution is -2.19. The van der Waals surface area contributed by atoms with Gasteiger partial charge in [-0.1, -0.05) is 17.8 Å². The highest BCUT2D eigenvalue weighted by Crippen LogP contribution is 2.13. The Bertz CT molecular complexity index is 551. The monoisotopic (exact) mass is 266 g/mol. The second-order valence-electron chi connectivity index (χ2n) is 3.55. The van der Waals surface area contributed by atoms with Crippen molar-refractivity contribution >= 4 is 11.8 Å². The van der Waals surface area contributed by atoms with E-state index < -0.39 is 0 Å². The van der Waals surface area contributed by atoms with Gasteiger partial charge in [0.2, 0.25) is 5.16 Å². The van der Waals surface area contributed by atoms with Crippen molar-refractivity contribution in [2.75, 3.05) is 12.3 Å². The average Bonchev–Trinajstić information content (AvgIpc) is 2.80. The molecule has 0 aromatic carbocycles. The van der Waals surface area contributed by atoms with Crippen LogP contribution >= 0.6 is 11.8 Å². The van der Waals surface area contributed by atoms with E-state index in [1.165, 1.54) is 11.8 Å². The maximum absolute atomic E-state index is 11.5. The Balaban J connectivity index is 1.91. The number of hydrogen-bond donors (Lipinski definition) is 1. The summed E-state index contributed by atoms with van der Waals surface area (Å²) in [5, 5.41) is 12.1. The number of nitrogens with zero attached hydrogens (tertiary/aromatic N) is 5. The summed E-state index contributed by atoms with van der Waals surface area (Å²) in [6, 6.07) is 5.11. The Kier molecular flexibility index (Phi) is 4.48. The maximum atomic E-state index is 11.5. The van der Waals surface area contributed by atoms with Crippen LogP contribution in [-0.4, -0.2) is 37.1 Å². The number of rotatable bonds is 6. The van der Waals surface area contributed by atoms with Crippen LogP contribution in [0.4, 0.5) is 0 Å². The Morgan fingerprint density at radius 3 is 3.00 bits per heavy atom. The minimum atomic E-state index is -0.000324. The summed E-state index contributed by atoms with van der Waals surface area (Å²) < 4.78 is 3.32. The molecule has 0 radical (unpaired) electrons. The number of aryl methyl sites for hydroxylation is 1. The Labute approximate surface area is 108 Å². The largest absolute Gasteiger partial charge is 0.329 e. The van der Waals surface area contributed by atoms with Crippen molar-refractivity contribution in [3.8, 4) is 0 Å². The first-order valence-electron chi connectivity index (χ1n) is 5.56. The van der Waals surface area contributed by atoms with Gasteiger partial charge in [-0.2, -0.15) is 0 Å². The van der Waals surface area contributed by atoms with E-state index in [2.05, 4.69) is 15.5 Å².